The molecule has 0 unspecified atom stereocenters. The average Bonchev–Trinajstić information content (AvgIpc) is 1.61. The number of rotatable bonds is 3. The van der Waals surface area contributed by atoms with Crippen molar-refractivity contribution < 1.29 is 4.39 Å². The fourth-order valence-electron chi connectivity index (χ4n) is 0.157. The summed E-state index contributed by atoms with van der Waals surface area (Å²) < 4.78 is 11.1. The van der Waals surface area contributed by atoms with Crippen molar-refractivity contribution >= 4 is 11.8 Å². The van der Waals surface area contributed by atoms with E-state index in [9.17, 15) is 4.39 Å². The topological polar surface area (TPSA) is 0 Å². The molecule has 0 aromatic heterocycles. The van der Waals surface area contributed by atoms with Crippen molar-refractivity contribution in [2.24, 2.45) is 0 Å². The predicted molar refractivity (Wildman–Crippen MR) is 28.7 cm³/mol. The summed E-state index contributed by atoms with van der Waals surface area (Å²) in [6.45, 7) is 3.30. The third kappa shape index (κ3) is 4.28. The van der Waals surface area contributed by atoms with Gasteiger partial charge in [0.1, 0.15) is 0 Å². The first-order valence-corrected chi connectivity index (χ1v) is 3.00. The quantitative estimate of drug-likeness (QED) is 0.493. The van der Waals surface area contributed by atoms with Crippen molar-refractivity contribution in [3.8, 4) is 0 Å². The number of halogens is 1. The molecule has 0 N–H and O–H groups in total. The Morgan fingerprint density at radius 3 is 2.50 bits per heavy atom. The summed E-state index contributed by atoms with van der Waals surface area (Å²) in [5.41, 5.74) is 0. The van der Waals surface area contributed by atoms with E-state index in [2.05, 4.69) is 6.92 Å². The Morgan fingerprint density at radius 2 is 2.33 bits per heavy atom. The molecule has 0 nitrogen and oxygen atoms in total. The number of hydrogen-bond acceptors (Lipinski definition) is 1. The highest BCUT2D eigenvalue weighted by molar-refractivity contribution is 7.99. The predicted octanol–water partition coefficient (Wildman–Crippen LogP) is 1.52. The molecule has 0 spiro atoms. The molecule has 0 bridgehead atoms. The summed E-state index contributed by atoms with van der Waals surface area (Å²) in [5.74, 6) is 1.38. The molecule has 0 rings (SSSR count). The van der Waals surface area contributed by atoms with Crippen LogP contribution in [0.15, 0.2) is 0 Å². The first-order valence-electron chi connectivity index (χ1n) is 1.84. The van der Waals surface area contributed by atoms with Gasteiger partial charge in [-0.05, 0) is 12.7 Å². The minimum absolute atomic E-state index is 0.222. The third-order valence-corrected chi connectivity index (χ3v) is 1.10. The van der Waals surface area contributed by atoms with Crippen LogP contribution in [0.1, 0.15) is 0 Å². The van der Waals surface area contributed by atoms with E-state index in [1.165, 1.54) is 11.8 Å². The van der Waals surface area contributed by atoms with Crippen molar-refractivity contribution in [3.63, 3.8) is 0 Å². The second-order valence-corrected chi connectivity index (χ2v) is 2.03. The Balaban J connectivity index is 2.34. The Labute approximate surface area is 42.1 Å². The molecule has 6 heavy (non-hydrogen) atoms. The smallest absolute Gasteiger partial charge is 0.0984 e. The van der Waals surface area contributed by atoms with Crippen LogP contribution in [0.5, 0.6) is 0 Å². The van der Waals surface area contributed by atoms with Crippen molar-refractivity contribution in [2.45, 2.75) is 0 Å². The zero-order valence-electron chi connectivity index (χ0n) is 3.61. The van der Waals surface area contributed by atoms with Crippen molar-refractivity contribution in [1.82, 2.24) is 0 Å². The van der Waals surface area contributed by atoms with Gasteiger partial charge in [0.15, 0.2) is 0 Å². The summed E-state index contributed by atoms with van der Waals surface area (Å²) >= 11 is 1.52. The van der Waals surface area contributed by atoms with Crippen LogP contribution < -0.4 is 0 Å². The van der Waals surface area contributed by atoms with Crippen LogP contribution in [0.25, 0.3) is 0 Å². The van der Waals surface area contributed by atoms with Crippen LogP contribution in [0.3, 0.4) is 0 Å². The average molecular weight is 107 g/mol. The molecule has 0 heterocycles. The van der Waals surface area contributed by atoms with Crippen LogP contribution in [-0.4, -0.2) is 18.2 Å². The van der Waals surface area contributed by atoms with Crippen molar-refractivity contribution in [2.75, 3.05) is 18.2 Å². The lowest BCUT2D eigenvalue weighted by Gasteiger charge is -1.84. The minimum atomic E-state index is -0.222. The second kappa shape index (κ2) is 5.28. The molecule has 0 aromatic rings. The fraction of sp³-hybridized carbons (Fsp3) is 0.750. The second-order valence-electron chi connectivity index (χ2n) is 0.801. The Morgan fingerprint density at radius 1 is 1.67 bits per heavy atom. The monoisotopic (exact) mass is 107 g/mol. The number of thioether (sulfide) groups is 1. The van der Waals surface area contributed by atoms with E-state index in [-0.39, 0.29) is 6.67 Å². The van der Waals surface area contributed by atoms with Crippen molar-refractivity contribution in [1.29, 1.82) is 0 Å². The lowest BCUT2D eigenvalue weighted by Crippen LogP contribution is -1.78. The molecule has 2 heteroatoms. The van der Waals surface area contributed by atoms with Gasteiger partial charge in [-0.2, -0.15) is 11.8 Å². The van der Waals surface area contributed by atoms with E-state index in [0.717, 1.165) is 5.75 Å². The van der Waals surface area contributed by atoms with Gasteiger partial charge in [0.2, 0.25) is 0 Å². The van der Waals surface area contributed by atoms with Gasteiger partial charge in [-0.15, -0.1) is 0 Å². The molecular formula is C4H8FS. The van der Waals surface area contributed by atoms with E-state index in [1.807, 2.05) is 0 Å². The van der Waals surface area contributed by atoms with Crippen molar-refractivity contribution in [3.05, 3.63) is 6.92 Å². The molecule has 0 fully saturated rings. The summed E-state index contributed by atoms with van der Waals surface area (Å²) in [4.78, 5) is 0. The molecule has 0 aromatic carbocycles. The normalized spacial score (nSPS) is 9.00. The van der Waals surface area contributed by atoms with Gasteiger partial charge in [-0.25, -0.2) is 0 Å². The van der Waals surface area contributed by atoms with Gasteiger partial charge in [0, 0.05) is 5.75 Å². The maximum absolute atomic E-state index is 11.1. The first-order chi connectivity index (χ1) is 2.91. The van der Waals surface area contributed by atoms with Gasteiger partial charge in [0.05, 0.1) is 6.67 Å². The summed E-state index contributed by atoms with van der Waals surface area (Å²) in [6, 6.07) is 0. The van der Waals surface area contributed by atoms with Crippen LogP contribution >= 0.6 is 11.8 Å². The van der Waals surface area contributed by atoms with Crippen LogP contribution in [-0.2, 0) is 0 Å². The Hall–Kier alpha value is 0.280. The maximum atomic E-state index is 11.1. The molecule has 1 radical (unpaired) electrons. The Bertz CT molecular complexity index is 19.5. The summed E-state index contributed by atoms with van der Waals surface area (Å²) in [7, 11) is 0. The molecule has 0 saturated heterocycles. The Kier molecular flexibility index (Phi) is 5.53. The highest BCUT2D eigenvalue weighted by Crippen LogP contribution is 1.95. The van der Waals surface area contributed by atoms with Gasteiger partial charge in [0.25, 0.3) is 0 Å². The van der Waals surface area contributed by atoms with E-state index in [0.29, 0.717) is 5.75 Å². The molecule has 0 aliphatic carbocycles. The molecule has 37 valence electrons. The highest BCUT2D eigenvalue weighted by atomic mass is 32.2. The number of alkyl halides is 1. The molecule has 0 aliphatic rings. The van der Waals surface area contributed by atoms with Gasteiger partial charge >= 0.3 is 0 Å². The molecule has 0 saturated carbocycles. The number of hydrogen-bond donors (Lipinski definition) is 0. The fourth-order valence-corrected chi connectivity index (χ4v) is 0.470. The summed E-state index contributed by atoms with van der Waals surface area (Å²) in [5, 5.41) is 0. The van der Waals surface area contributed by atoms with E-state index < -0.39 is 0 Å². The molecule has 0 atom stereocenters. The minimum Gasteiger partial charge on any atom is -0.250 e. The van der Waals surface area contributed by atoms with E-state index in [4.69, 9.17) is 0 Å². The standard InChI is InChI=1S/C4H8FS/c1-2-6-4-3-5/h1-4H2. The first kappa shape index (κ1) is 6.28. The molecule has 0 aliphatic heterocycles. The van der Waals surface area contributed by atoms with Gasteiger partial charge in [-0.3, -0.25) is 4.39 Å². The van der Waals surface area contributed by atoms with E-state index in [1.54, 1.807) is 0 Å². The molecule has 0 amide bonds. The van der Waals surface area contributed by atoms with Gasteiger partial charge < -0.3 is 0 Å². The zero-order chi connectivity index (χ0) is 4.83. The lowest BCUT2D eigenvalue weighted by atomic mass is 10.9. The maximum Gasteiger partial charge on any atom is 0.0984 e. The largest absolute Gasteiger partial charge is 0.250 e. The zero-order valence-corrected chi connectivity index (χ0v) is 4.43. The lowest BCUT2D eigenvalue weighted by molar-refractivity contribution is 0.533. The van der Waals surface area contributed by atoms with Crippen LogP contribution in [0, 0.1) is 6.92 Å². The SMILES string of the molecule is [CH2]CSCCF. The van der Waals surface area contributed by atoms with E-state index >= 15 is 0 Å². The van der Waals surface area contributed by atoms with Crippen LogP contribution in [0.2, 0.25) is 0 Å². The summed E-state index contributed by atoms with van der Waals surface area (Å²) in [6.07, 6.45) is 0. The van der Waals surface area contributed by atoms with Gasteiger partial charge in [-0.1, -0.05) is 0 Å². The third-order valence-electron chi connectivity index (χ3n) is 0.366. The molecular weight excluding hydrogens is 99.1 g/mol. The highest BCUT2D eigenvalue weighted by Gasteiger charge is 1.77. The van der Waals surface area contributed by atoms with Crippen LogP contribution in [0.4, 0.5) is 4.39 Å².